The Bertz CT molecular complexity index is 1090. The molecule has 7 heteroatoms. The van der Waals surface area contributed by atoms with Gasteiger partial charge in [-0.15, -0.1) is 0 Å². The summed E-state index contributed by atoms with van der Waals surface area (Å²) in [5, 5.41) is 0.450. The molecule has 0 saturated heterocycles. The Kier molecular flexibility index (Phi) is 5.03. The first-order valence-corrected chi connectivity index (χ1v) is 9.45. The molecule has 0 spiro atoms. The molecule has 0 atom stereocenters. The molecule has 148 valence electrons. The van der Waals surface area contributed by atoms with E-state index in [2.05, 4.69) is 0 Å². The molecule has 29 heavy (non-hydrogen) atoms. The van der Waals surface area contributed by atoms with Gasteiger partial charge in [-0.25, -0.2) is 4.79 Å². The number of methoxy groups -OCH3 is 2. The van der Waals surface area contributed by atoms with Crippen molar-refractivity contribution < 1.29 is 19.1 Å². The summed E-state index contributed by atoms with van der Waals surface area (Å²) in [6.07, 6.45) is 4.40. The Morgan fingerprint density at radius 3 is 2.48 bits per heavy atom. The van der Waals surface area contributed by atoms with Crippen molar-refractivity contribution in [2.75, 3.05) is 25.7 Å². The summed E-state index contributed by atoms with van der Waals surface area (Å²) in [5.74, 6) is -0.151. The number of anilines is 1. The van der Waals surface area contributed by atoms with Gasteiger partial charge >= 0.3 is 5.97 Å². The minimum Gasteiger partial charge on any atom is -0.496 e. The van der Waals surface area contributed by atoms with Crippen LogP contribution in [0.3, 0.4) is 0 Å². The SMILES string of the molecule is COC(=O)c1ccc2c(c1)CCN2C(=O)c1cc(Cl)c(-n2cccc2)cc1OC. The van der Waals surface area contributed by atoms with Crippen LogP contribution in [0.25, 0.3) is 5.69 Å². The molecule has 2 heterocycles. The molecule has 2 aromatic carbocycles. The molecule has 0 unspecified atom stereocenters. The zero-order valence-corrected chi connectivity index (χ0v) is 16.8. The van der Waals surface area contributed by atoms with Gasteiger partial charge < -0.3 is 18.9 Å². The second-order valence-corrected chi connectivity index (χ2v) is 7.04. The number of hydrogen-bond donors (Lipinski definition) is 0. The first-order chi connectivity index (χ1) is 14.0. The summed E-state index contributed by atoms with van der Waals surface area (Å²) in [7, 11) is 2.87. The molecular formula is C22H19ClN2O4. The van der Waals surface area contributed by atoms with Crippen LogP contribution in [0, 0.1) is 0 Å². The van der Waals surface area contributed by atoms with E-state index in [-0.39, 0.29) is 5.91 Å². The van der Waals surface area contributed by atoms with E-state index in [9.17, 15) is 9.59 Å². The minimum atomic E-state index is -0.397. The van der Waals surface area contributed by atoms with Crippen LogP contribution < -0.4 is 9.64 Å². The topological polar surface area (TPSA) is 60.8 Å². The number of rotatable bonds is 4. The van der Waals surface area contributed by atoms with Gasteiger partial charge in [-0.2, -0.15) is 0 Å². The average Bonchev–Trinajstić information content (AvgIpc) is 3.42. The van der Waals surface area contributed by atoms with Gasteiger partial charge in [0.1, 0.15) is 5.75 Å². The third-order valence-electron chi connectivity index (χ3n) is 5.02. The minimum absolute atomic E-state index is 0.202. The second-order valence-electron chi connectivity index (χ2n) is 6.64. The average molecular weight is 411 g/mol. The number of esters is 1. The van der Waals surface area contributed by atoms with Crippen molar-refractivity contribution in [3.8, 4) is 11.4 Å². The molecule has 1 aliphatic rings. The van der Waals surface area contributed by atoms with Crippen molar-refractivity contribution in [1.29, 1.82) is 0 Å². The highest BCUT2D eigenvalue weighted by atomic mass is 35.5. The highest BCUT2D eigenvalue weighted by Crippen LogP contribution is 2.35. The highest BCUT2D eigenvalue weighted by molar-refractivity contribution is 6.33. The van der Waals surface area contributed by atoms with Gasteiger partial charge in [0.2, 0.25) is 0 Å². The maximum atomic E-state index is 13.3. The van der Waals surface area contributed by atoms with Crippen molar-refractivity contribution in [2.45, 2.75) is 6.42 Å². The van der Waals surface area contributed by atoms with Gasteiger partial charge in [0, 0.05) is 30.7 Å². The van der Waals surface area contributed by atoms with Gasteiger partial charge in [-0.1, -0.05) is 11.6 Å². The first kappa shape index (κ1) is 19.1. The summed E-state index contributed by atoms with van der Waals surface area (Å²) in [6, 6.07) is 12.4. The zero-order valence-electron chi connectivity index (χ0n) is 16.0. The number of halogens is 1. The molecule has 6 nitrogen and oxygen atoms in total. The van der Waals surface area contributed by atoms with E-state index in [4.69, 9.17) is 21.1 Å². The molecular weight excluding hydrogens is 392 g/mol. The van der Waals surface area contributed by atoms with E-state index in [1.807, 2.05) is 29.1 Å². The second kappa shape index (κ2) is 7.64. The van der Waals surface area contributed by atoms with Crippen LogP contribution in [0.15, 0.2) is 54.9 Å². The molecule has 1 amide bonds. The number of carbonyl (C=O) groups is 2. The molecule has 1 aliphatic heterocycles. The molecule has 0 fully saturated rings. The molecule has 0 aliphatic carbocycles. The monoisotopic (exact) mass is 410 g/mol. The summed E-state index contributed by atoms with van der Waals surface area (Å²) < 4.78 is 12.1. The quantitative estimate of drug-likeness (QED) is 0.607. The van der Waals surface area contributed by atoms with E-state index < -0.39 is 5.97 Å². The highest BCUT2D eigenvalue weighted by Gasteiger charge is 2.29. The van der Waals surface area contributed by atoms with E-state index >= 15 is 0 Å². The van der Waals surface area contributed by atoms with Gasteiger partial charge in [0.15, 0.2) is 0 Å². The Labute approximate surface area is 173 Å². The summed E-state index contributed by atoms with van der Waals surface area (Å²) in [6.45, 7) is 0.513. The molecule has 3 aromatic rings. The van der Waals surface area contributed by atoms with Gasteiger partial charge in [0.25, 0.3) is 5.91 Å². The van der Waals surface area contributed by atoms with Crippen molar-refractivity contribution in [3.63, 3.8) is 0 Å². The number of ether oxygens (including phenoxy) is 2. The third-order valence-corrected chi connectivity index (χ3v) is 5.33. The molecule has 0 saturated carbocycles. The number of nitrogens with zero attached hydrogens (tertiary/aromatic N) is 2. The smallest absolute Gasteiger partial charge is 0.337 e. The van der Waals surface area contributed by atoms with Crippen LogP contribution in [0.1, 0.15) is 26.3 Å². The number of fused-ring (bicyclic) bond motifs is 1. The predicted octanol–water partition coefficient (Wildman–Crippen LogP) is 4.13. The number of aromatic nitrogens is 1. The van der Waals surface area contributed by atoms with Crippen LogP contribution in [-0.2, 0) is 11.2 Å². The lowest BCUT2D eigenvalue weighted by Crippen LogP contribution is -2.29. The predicted molar refractivity (Wildman–Crippen MR) is 110 cm³/mol. The van der Waals surface area contributed by atoms with Crippen molar-refractivity contribution in [3.05, 3.63) is 76.6 Å². The lowest BCUT2D eigenvalue weighted by atomic mass is 10.1. The summed E-state index contributed by atoms with van der Waals surface area (Å²) in [5.41, 5.74) is 3.29. The number of carbonyl (C=O) groups excluding carboxylic acids is 2. The van der Waals surface area contributed by atoms with Crippen molar-refractivity contribution in [2.24, 2.45) is 0 Å². The number of amides is 1. The van der Waals surface area contributed by atoms with Crippen LogP contribution >= 0.6 is 11.6 Å². The standard InChI is InChI=1S/C22H19ClN2O4/c1-28-20-13-19(24-8-3-4-9-24)17(23)12-16(20)21(26)25-10-7-14-11-15(22(27)29-2)5-6-18(14)25/h3-6,8-9,11-13H,7,10H2,1-2H3. The third kappa shape index (κ3) is 3.36. The largest absolute Gasteiger partial charge is 0.496 e. The maximum Gasteiger partial charge on any atom is 0.337 e. The number of benzene rings is 2. The van der Waals surface area contributed by atoms with E-state index in [0.29, 0.717) is 34.9 Å². The maximum absolute atomic E-state index is 13.3. The summed E-state index contributed by atoms with van der Waals surface area (Å²) in [4.78, 5) is 26.7. The van der Waals surface area contributed by atoms with Crippen LogP contribution in [-0.4, -0.2) is 37.2 Å². The van der Waals surface area contributed by atoms with E-state index in [1.54, 1.807) is 35.2 Å². The lowest BCUT2D eigenvalue weighted by Gasteiger charge is -2.20. The fourth-order valence-corrected chi connectivity index (χ4v) is 3.84. The normalized spacial score (nSPS) is 12.6. The molecule has 4 rings (SSSR count). The van der Waals surface area contributed by atoms with Crippen LogP contribution in [0.5, 0.6) is 5.75 Å². The van der Waals surface area contributed by atoms with Crippen molar-refractivity contribution >= 4 is 29.2 Å². The zero-order chi connectivity index (χ0) is 20.5. The molecule has 1 aromatic heterocycles. The Morgan fingerprint density at radius 2 is 1.79 bits per heavy atom. The fraction of sp³-hybridized carbons (Fsp3) is 0.182. The van der Waals surface area contributed by atoms with Crippen LogP contribution in [0.2, 0.25) is 5.02 Å². The van der Waals surface area contributed by atoms with Crippen LogP contribution in [0.4, 0.5) is 5.69 Å². The lowest BCUT2D eigenvalue weighted by molar-refractivity contribution is 0.0600. The van der Waals surface area contributed by atoms with Gasteiger partial charge in [-0.3, -0.25) is 4.79 Å². The Hall–Kier alpha value is -3.25. The Morgan fingerprint density at radius 1 is 1.03 bits per heavy atom. The fourth-order valence-electron chi connectivity index (χ4n) is 3.57. The molecule has 0 bridgehead atoms. The van der Waals surface area contributed by atoms with Gasteiger partial charge in [0.05, 0.1) is 36.1 Å². The Balaban J connectivity index is 1.70. The van der Waals surface area contributed by atoms with E-state index in [0.717, 1.165) is 16.9 Å². The van der Waals surface area contributed by atoms with Crippen molar-refractivity contribution in [1.82, 2.24) is 4.57 Å². The molecule has 0 N–H and O–H groups in total. The number of hydrogen-bond acceptors (Lipinski definition) is 4. The van der Waals surface area contributed by atoms with E-state index in [1.165, 1.54) is 14.2 Å². The molecule has 0 radical (unpaired) electrons. The summed E-state index contributed by atoms with van der Waals surface area (Å²) >= 11 is 6.47. The first-order valence-electron chi connectivity index (χ1n) is 9.07. The van der Waals surface area contributed by atoms with Gasteiger partial charge in [-0.05, 0) is 48.4 Å².